The standard InChI is InChI=1S/C27H27N3O2/c31-25(11-10-20-6-2-1-3-7-20)30-16-13-27(14-17-30)18-23(27)26(32)28-15-12-21-19-29-24-9-5-4-8-22(21)24/h1-9,19,23,29H,12-18H2,(H,28,32)/t23-/m1/s1. The van der Waals surface area contributed by atoms with E-state index in [0.29, 0.717) is 19.6 Å². The second kappa shape index (κ2) is 8.55. The van der Waals surface area contributed by atoms with Crippen molar-refractivity contribution in [1.29, 1.82) is 0 Å². The van der Waals surface area contributed by atoms with E-state index in [1.807, 2.05) is 53.6 Å². The van der Waals surface area contributed by atoms with Gasteiger partial charge in [-0.05, 0) is 54.9 Å². The first kappa shape index (κ1) is 20.4. The molecule has 32 heavy (non-hydrogen) atoms. The SMILES string of the molecule is O=C(NCCc1c[nH]c2ccccc12)[C@H]1CC12CCN(C(=O)C#Cc1ccccc1)CC2. The molecule has 5 nitrogen and oxygen atoms in total. The van der Waals surface area contributed by atoms with E-state index in [2.05, 4.69) is 34.3 Å². The Hall–Kier alpha value is -3.52. The Morgan fingerprint density at radius 3 is 2.62 bits per heavy atom. The van der Waals surface area contributed by atoms with Gasteiger partial charge in [-0.3, -0.25) is 9.59 Å². The zero-order chi connectivity index (χ0) is 22.0. The van der Waals surface area contributed by atoms with Crippen LogP contribution in [0.3, 0.4) is 0 Å². The highest BCUT2D eigenvalue weighted by Gasteiger charge is 2.58. The maximum atomic E-state index is 12.7. The number of likely N-dealkylation sites (tertiary alicyclic amines) is 1. The minimum absolute atomic E-state index is 0.0779. The van der Waals surface area contributed by atoms with Crippen LogP contribution in [0.2, 0.25) is 0 Å². The van der Waals surface area contributed by atoms with Crippen molar-refractivity contribution in [1.82, 2.24) is 15.2 Å². The third kappa shape index (κ3) is 4.13. The van der Waals surface area contributed by atoms with Gasteiger partial charge in [-0.1, -0.05) is 42.3 Å². The molecular weight excluding hydrogens is 398 g/mol. The van der Waals surface area contributed by atoms with Crippen molar-refractivity contribution < 1.29 is 9.59 Å². The molecule has 1 spiro atoms. The van der Waals surface area contributed by atoms with Gasteiger partial charge in [0.25, 0.3) is 5.91 Å². The Morgan fingerprint density at radius 1 is 1.06 bits per heavy atom. The maximum Gasteiger partial charge on any atom is 0.298 e. The van der Waals surface area contributed by atoms with Crippen molar-refractivity contribution in [2.45, 2.75) is 25.7 Å². The molecule has 1 saturated carbocycles. The van der Waals surface area contributed by atoms with Crippen molar-refractivity contribution in [3.63, 3.8) is 0 Å². The lowest BCUT2D eigenvalue weighted by molar-refractivity contribution is -0.127. The Bertz CT molecular complexity index is 1190. The normalized spacial score (nSPS) is 18.8. The summed E-state index contributed by atoms with van der Waals surface area (Å²) in [4.78, 5) is 30.3. The van der Waals surface area contributed by atoms with Crippen LogP contribution in [0.4, 0.5) is 0 Å². The van der Waals surface area contributed by atoms with E-state index in [-0.39, 0.29) is 23.1 Å². The van der Waals surface area contributed by atoms with Gasteiger partial charge in [0, 0.05) is 54.1 Å². The summed E-state index contributed by atoms with van der Waals surface area (Å²) in [6.07, 6.45) is 5.54. The van der Waals surface area contributed by atoms with E-state index in [4.69, 9.17) is 0 Å². The van der Waals surface area contributed by atoms with Gasteiger partial charge in [0.05, 0.1) is 0 Å². The number of carbonyl (C=O) groups excluding carboxylic acids is 2. The summed E-state index contributed by atoms with van der Waals surface area (Å²) in [7, 11) is 0. The quantitative estimate of drug-likeness (QED) is 0.629. The smallest absolute Gasteiger partial charge is 0.298 e. The van der Waals surface area contributed by atoms with Gasteiger partial charge in [0.1, 0.15) is 0 Å². The average Bonchev–Trinajstić information content (AvgIpc) is 3.38. The highest BCUT2D eigenvalue weighted by Crippen LogP contribution is 2.59. The molecule has 3 aromatic rings. The van der Waals surface area contributed by atoms with Gasteiger partial charge >= 0.3 is 0 Å². The third-order valence-corrected chi connectivity index (χ3v) is 7.01. The monoisotopic (exact) mass is 425 g/mol. The summed E-state index contributed by atoms with van der Waals surface area (Å²) in [6, 6.07) is 17.8. The van der Waals surface area contributed by atoms with Crippen LogP contribution in [-0.2, 0) is 16.0 Å². The second-order valence-corrected chi connectivity index (χ2v) is 8.93. The Morgan fingerprint density at radius 2 is 1.81 bits per heavy atom. The minimum Gasteiger partial charge on any atom is -0.361 e. The summed E-state index contributed by atoms with van der Waals surface area (Å²) in [5.41, 5.74) is 3.29. The van der Waals surface area contributed by atoms with Crippen LogP contribution in [0.1, 0.15) is 30.4 Å². The zero-order valence-corrected chi connectivity index (χ0v) is 18.1. The van der Waals surface area contributed by atoms with Crippen molar-refractivity contribution in [3.8, 4) is 11.8 Å². The molecule has 0 radical (unpaired) electrons. The molecule has 0 bridgehead atoms. The van der Waals surface area contributed by atoms with Crippen LogP contribution in [0.5, 0.6) is 0 Å². The van der Waals surface area contributed by atoms with Crippen molar-refractivity contribution >= 4 is 22.7 Å². The topological polar surface area (TPSA) is 65.2 Å². The number of nitrogens with zero attached hydrogens (tertiary/aromatic N) is 1. The Labute approximate surface area is 188 Å². The molecule has 162 valence electrons. The summed E-state index contributed by atoms with van der Waals surface area (Å²) in [5.74, 6) is 5.82. The fourth-order valence-corrected chi connectivity index (χ4v) is 4.93. The number of rotatable bonds is 4. The molecule has 5 rings (SSSR count). The molecule has 2 amide bonds. The Balaban J connectivity index is 1.09. The fourth-order valence-electron chi connectivity index (χ4n) is 4.93. The minimum atomic E-state index is -0.121. The average molecular weight is 426 g/mol. The molecule has 2 fully saturated rings. The van der Waals surface area contributed by atoms with Gasteiger partial charge in [-0.2, -0.15) is 0 Å². The van der Waals surface area contributed by atoms with Gasteiger partial charge in [-0.15, -0.1) is 0 Å². The van der Waals surface area contributed by atoms with Gasteiger partial charge in [0.15, 0.2) is 0 Å². The number of aromatic nitrogens is 1. The van der Waals surface area contributed by atoms with E-state index < -0.39 is 0 Å². The number of nitrogens with one attached hydrogen (secondary N) is 2. The number of carbonyl (C=O) groups is 2. The molecule has 0 unspecified atom stereocenters. The molecule has 1 aliphatic heterocycles. The first-order chi connectivity index (χ1) is 15.6. The molecule has 1 aliphatic carbocycles. The number of benzene rings is 2. The van der Waals surface area contributed by atoms with Gasteiger partial charge in [0.2, 0.25) is 5.91 Å². The Kier molecular flexibility index (Phi) is 5.45. The van der Waals surface area contributed by atoms with E-state index >= 15 is 0 Å². The first-order valence-electron chi connectivity index (χ1n) is 11.3. The van der Waals surface area contributed by atoms with Crippen LogP contribution >= 0.6 is 0 Å². The van der Waals surface area contributed by atoms with Crippen molar-refractivity contribution in [2.75, 3.05) is 19.6 Å². The van der Waals surface area contributed by atoms with Gasteiger partial charge < -0.3 is 15.2 Å². The zero-order valence-electron chi connectivity index (χ0n) is 18.1. The summed E-state index contributed by atoms with van der Waals surface area (Å²) in [6.45, 7) is 2.01. The predicted octanol–water partition coefficient (Wildman–Crippen LogP) is 3.51. The fraction of sp³-hybridized carbons (Fsp3) is 0.333. The number of piperidine rings is 1. The van der Waals surface area contributed by atoms with Crippen LogP contribution in [-0.4, -0.2) is 41.3 Å². The molecular formula is C27H27N3O2. The lowest BCUT2D eigenvalue weighted by Crippen LogP contribution is -2.40. The summed E-state index contributed by atoms with van der Waals surface area (Å²) >= 11 is 0. The lowest BCUT2D eigenvalue weighted by Gasteiger charge is -2.31. The van der Waals surface area contributed by atoms with Crippen LogP contribution in [0.25, 0.3) is 10.9 Å². The number of hydrogen-bond donors (Lipinski definition) is 2. The summed E-state index contributed by atoms with van der Waals surface area (Å²) in [5, 5.41) is 4.36. The van der Waals surface area contributed by atoms with Gasteiger partial charge in [-0.25, -0.2) is 0 Å². The molecule has 2 aromatic carbocycles. The largest absolute Gasteiger partial charge is 0.361 e. The van der Waals surface area contributed by atoms with Crippen LogP contribution < -0.4 is 5.32 Å². The number of hydrogen-bond acceptors (Lipinski definition) is 2. The second-order valence-electron chi connectivity index (χ2n) is 8.93. The predicted molar refractivity (Wildman–Crippen MR) is 125 cm³/mol. The molecule has 2 heterocycles. The molecule has 1 aromatic heterocycles. The van der Waals surface area contributed by atoms with E-state index in [1.54, 1.807) is 0 Å². The number of fused-ring (bicyclic) bond motifs is 1. The van der Waals surface area contributed by atoms with Crippen LogP contribution in [0, 0.1) is 23.2 Å². The summed E-state index contributed by atoms with van der Waals surface area (Å²) < 4.78 is 0. The van der Waals surface area contributed by atoms with Crippen molar-refractivity contribution in [3.05, 3.63) is 71.9 Å². The number of aromatic amines is 1. The lowest BCUT2D eigenvalue weighted by atomic mass is 9.90. The van der Waals surface area contributed by atoms with Crippen molar-refractivity contribution in [2.24, 2.45) is 11.3 Å². The maximum absolute atomic E-state index is 12.7. The molecule has 1 atom stereocenters. The number of para-hydroxylation sites is 1. The first-order valence-corrected chi connectivity index (χ1v) is 11.3. The number of H-pyrrole nitrogens is 1. The van der Waals surface area contributed by atoms with E-state index in [1.165, 1.54) is 10.9 Å². The molecule has 1 saturated heterocycles. The van der Waals surface area contributed by atoms with Crippen LogP contribution in [0.15, 0.2) is 60.8 Å². The van der Waals surface area contributed by atoms with E-state index in [0.717, 1.165) is 36.8 Å². The molecule has 2 aliphatic rings. The van der Waals surface area contributed by atoms with E-state index in [9.17, 15) is 9.59 Å². The molecule has 5 heteroatoms. The molecule has 2 N–H and O–H groups in total. The highest BCUT2D eigenvalue weighted by atomic mass is 16.2. The highest BCUT2D eigenvalue weighted by molar-refractivity contribution is 5.94. The third-order valence-electron chi connectivity index (χ3n) is 7.01. The number of amides is 2.